The van der Waals surface area contributed by atoms with Crippen LogP contribution in [0.1, 0.15) is 25.7 Å². The Hall–Kier alpha value is 0.170. The average Bonchev–Trinajstić information content (AvgIpc) is 2.07. The zero-order chi connectivity index (χ0) is 8.59. The predicted molar refractivity (Wildman–Crippen MR) is 52.7 cm³/mol. The highest BCUT2D eigenvalue weighted by atomic mass is 79.9. The highest BCUT2D eigenvalue weighted by Crippen LogP contribution is 2.26. The number of rotatable bonds is 1. The third-order valence-electron chi connectivity index (χ3n) is 1.51. The van der Waals surface area contributed by atoms with Gasteiger partial charge in [0.25, 0.3) is 0 Å². The molecule has 1 heterocycles. The number of aromatic nitrogens is 2. The third-order valence-corrected chi connectivity index (χ3v) is 3.35. The molecule has 0 bridgehead atoms. The van der Waals surface area contributed by atoms with Crippen LogP contribution in [0.4, 0.5) is 0 Å². The lowest BCUT2D eigenvalue weighted by molar-refractivity contribution is 0.572. The summed E-state index contributed by atoms with van der Waals surface area (Å²) in [5, 5.41) is 0. The van der Waals surface area contributed by atoms with Crippen LogP contribution in [0.5, 0.6) is 0 Å². The van der Waals surface area contributed by atoms with E-state index < -0.39 is 0 Å². The zero-order valence-corrected chi connectivity index (χ0v) is 9.90. The van der Waals surface area contributed by atoms with Gasteiger partial charge in [0.1, 0.15) is 15.0 Å². The Balaban J connectivity index is 3.22. The van der Waals surface area contributed by atoms with E-state index in [9.17, 15) is 0 Å². The van der Waals surface area contributed by atoms with E-state index in [1.54, 1.807) is 0 Å². The van der Waals surface area contributed by atoms with E-state index in [4.69, 9.17) is 0 Å². The van der Waals surface area contributed by atoms with Gasteiger partial charge in [0.2, 0.25) is 0 Å². The summed E-state index contributed by atoms with van der Waals surface area (Å²) in [6, 6.07) is 0.447. The summed E-state index contributed by atoms with van der Waals surface area (Å²) in [6.45, 7) is 6.26. The molecule has 0 unspecified atom stereocenters. The van der Waals surface area contributed by atoms with E-state index in [1.165, 1.54) is 0 Å². The monoisotopic (exact) mass is 280 g/mol. The maximum atomic E-state index is 4.26. The van der Waals surface area contributed by atoms with Gasteiger partial charge in [-0.3, -0.25) is 0 Å². The molecule has 2 nitrogen and oxygen atoms in total. The summed E-state index contributed by atoms with van der Waals surface area (Å²) in [5.74, 6) is 1.03. The third kappa shape index (κ3) is 1.67. The van der Waals surface area contributed by atoms with Gasteiger partial charge in [-0.15, -0.1) is 0 Å². The molecule has 0 radical (unpaired) electrons. The van der Waals surface area contributed by atoms with Gasteiger partial charge in [-0.25, -0.2) is 4.98 Å². The molecule has 1 rings (SSSR count). The van der Waals surface area contributed by atoms with Crippen LogP contribution >= 0.6 is 31.9 Å². The van der Waals surface area contributed by atoms with Crippen LogP contribution in [0.2, 0.25) is 0 Å². The molecule has 0 spiro atoms. The first-order chi connectivity index (χ1) is 5.04. The van der Waals surface area contributed by atoms with Gasteiger partial charge in [-0.05, 0) is 52.6 Å². The molecule has 0 atom stereocenters. The Morgan fingerprint density at radius 1 is 1.36 bits per heavy atom. The fourth-order valence-corrected chi connectivity index (χ4v) is 2.29. The maximum absolute atomic E-state index is 4.26. The molecule has 0 aromatic carbocycles. The number of aryl methyl sites for hydroxylation is 1. The Labute approximate surface area is 83.3 Å². The first-order valence-electron chi connectivity index (χ1n) is 3.44. The van der Waals surface area contributed by atoms with Crippen LogP contribution in [0, 0.1) is 6.92 Å². The van der Waals surface area contributed by atoms with Gasteiger partial charge >= 0.3 is 0 Å². The zero-order valence-electron chi connectivity index (χ0n) is 6.73. The molecule has 0 N–H and O–H groups in total. The Morgan fingerprint density at radius 2 is 1.91 bits per heavy atom. The fourth-order valence-electron chi connectivity index (χ4n) is 1.08. The molecule has 0 fully saturated rings. The van der Waals surface area contributed by atoms with Crippen molar-refractivity contribution in [2.75, 3.05) is 0 Å². The fraction of sp³-hybridized carbons (Fsp3) is 0.571. The summed E-state index contributed by atoms with van der Waals surface area (Å²) in [5.41, 5.74) is 0. The Bertz CT molecular complexity index is 266. The van der Waals surface area contributed by atoms with E-state index >= 15 is 0 Å². The second-order valence-corrected chi connectivity index (χ2v) is 4.21. The van der Waals surface area contributed by atoms with Crippen molar-refractivity contribution in [3.8, 4) is 0 Å². The highest BCUT2D eigenvalue weighted by molar-refractivity contribution is 9.13. The molecule has 11 heavy (non-hydrogen) atoms. The number of halogens is 2. The predicted octanol–water partition coefficient (Wildman–Crippen LogP) is 3.30. The number of hydrogen-bond donors (Lipinski definition) is 0. The molecule has 1 aromatic heterocycles. The van der Waals surface area contributed by atoms with Gasteiger partial charge in [0.15, 0.2) is 0 Å². The van der Waals surface area contributed by atoms with Crippen molar-refractivity contribution in [2.24, 2.45) is 0 Å². The van der Waals surface area contributed by atoms with Crippen molar-refractivity contribution < 1.29 is 0 Å². The molecule has 0 aliphatic heterocycles. The lowest BCUT2D eigenvalue weighted by Crippen LogP contribution is -2.02. The van der Waals surface area contributed by atoms with Crippen LogP contribution in [0.25, 0.3) is 0 Å². The van der Waals surface area contributed by atoms with E-state index in [0.717, 1.165) is 15.0 Å². The molecule has 1 aromatic rings. The van der Waals surface area contributed by atoms with Crippen LogP contribution in [-0.4, -0.2) is 9.55 Å². The molecular formula is C7H10Br2N2. The van der Waals surface area contributed by atoms with E-state index in [-0.39, 0.29) is 0 Å². The van der Waals surface area contributed by atoms with Crippen molar-refractivity contribution in [1.29, 1.82) is 0 Å². The minimum Gasteiger partial charge on any atom is -0.319 e. The average molecular weight is 282 g/mol. The number of nitrogens with zero attached hydrogens (tertiary/aromatic N) is 2. The largest absolute Gasteiger partial charge is 0.319 e. The van der Waals surface area contributed by atoms with Gasteiger partial charge in [0, 0.05) is 6.04 Å². The summed E-state index contributed by atoms with van der Waals surface area (Å²) in [6.07, 6.45) is 0. The first kappa shape index (κ1) is 9.26. The Kier molecular flexibility index (Phi) is 2.75. The minimum absolute atomic E-state index is 0.447. The highest BCUT2D eigenvalue weighted by Gasteiger charge is 2.11. The summed E-state index contributed by atoms with van der Waals surface area (Å²) in [4.78, 5) is 4.26. The molecule has 4 heteroatoms. The molecule has 62 valence electrons. The second-order valence-electron chi connectivity index (χ2n) is 2.70. The van der Waals surface area contributed by atoms with Crippen molar-refractivity contribution in [3.05, 3.63) is 15.0 Å². The van der Waals surface area contributed by atoms with Crippen molar-refractivity contribution >= 4 is 31.9 Å². The lowest BCUT2D eigenvalue weighted by atomic mass is 10.4. The SMILES string of the molecule is Cc1nc(Br)c(Br)n1C(C)C. The molecule has 0 aliphatic rings. The van der Waals surface area contributed by atoms with Crippen molar-refractivity contribution in [1.82, 2.24) is 9.55 Å². The van der Waals surface area contributed by atoms with Gasteiger partial charge in [-0.1, -0.05) is 0 Å². The lowest BCUT2D eigenvalue weighted by Gasteiger charge is -2.09. The minimum atomic E-state index is 0.447. The van der Waals surface area contributed by atoms with Crippen molar-refractivity contribution in [2.45, 2.75) is 26.8 Å². The van der Waals surface area contributed by atoms with Crippen LogP contribution < -0.4 is 0 Å². The number of imidazole rings is 1. The standard InChI is InChI=1S/C7H10Br2N2/c1-4(2)11-5(3)10-6(8)7(11)9/h4H,1-3H3. The number of hydrogen-bond acceptors (Lipinski definition) is 1. The second kappa shape index (κ2) is 3.27. The van der Waals surface area contributed by atoms with E-state index in [0.29, 0.717) is 6.04 Å². The summed E-state index contributed by atoms with van der Waals surface area (Å²) >= 11 is 6.81. The molecular weight excluding hydrogens is 272 g/mol. The topological polar surface area (TPSA) is 17.8 Å². The molecule has 0 aliphatic carbocycles. The van der Waals surface area contributed by atoms with Gasteiger partial charge in [-0.2, -0.15) is 0 Å². The summed E-state index contributed by atoms with van der Waals surface area (Å²) < 4.78 is 4.03. The molecule has 0 saturated carbocycles. The molecule has 0 saturated heterocycles. The van der Waals surface area contributed by atoms with E-state index in [2.05, 4.69) is 55.3 Å². The van der Waals surface area contributed by atoms with Crippen LogP contribution in [-0.2, 0) is 0 Å². The summed E-state index contributed by atoms with van der Waals surface area (Å²) in [7, 11) is 0. The van der Waals surface area contributed by atoms with Gasteiger partial charge < -0.3 is 4.57 Å². The van der Waals surface area contributed by atoms with Crippen LogP contribution in [0.3, 0.4) is 0 Å². The smallest absolute Gasteiger partial charge is 0.139 e. The van der Waals surface area contributed by atoms with E-state index in [1.807, 2.05) is 6.92 Å². The van der Waals surface area contributed by atoms with Gasteiger partial charge in [0.05, 0.1) is 0 Å². The van der Waals surface area contributed by atoms with Crippen molar-refractivity contribution in [3.63, 3.8) is 0 Å². The maximum Gasteiger partial charge on any atom is 0.139 e. The first-order valence-corrected chi connectivity index (χ1v) is 5.02. The normalized spacial score (nSPS) is 11.1. The van der Waals surface area contributed by atoms with Crippen LogP contribution in [0.15, 0.2) is 9.21 Å². The Morgan fingerprint density at radius 3 is 2.09 bits per heavy atom. The molecule has 0 amide bonds. The quantitative estimate of drug-likeness (QED) is 0.772.